The van der Waals surface area contributed by atoms with E-state index in [9.17, 15) is 20.1 Å². The van der Waals surface area contributed by atoms with Crippen LogP contribution in [0.3, 0.4) is 0 Å². The van der Waals surface area contributed by atoms with E-state index in [2.05, 4.69) is 0 Å². The third-order valence-corrected chi connectivity index (χ3v) is 3.29. The number of β-amino-alcohol motifs (C(OH)–C–C–N with tert-alkyl or cyclic N) is 1. The number of nitrogens with zero attached hydrogens (tertiary/aromatic N) is 1. The van der Waals surface area contributed by atoms with Crippen molar-refractivity contribution in [2.45, 2.75) is 25.0 Å². The molecule has 0 bridgehead atoms. The van der Waals surface area contributed by atoms with Gasteiger partial charge < -0.3 is 26.0 Å². The van der Waals surface area contributed by atoms with Crippen LogP contribution in [-0.4, -0.2) is 51.4 Å². The second-order valence-corrected chi connectivity index (χ2v) is 4.86. The molecule has 1 saturated heterocycles. The molecule has 1 heterocycles. The van der Waals surface area contributed by atoms with E-state index < -0.39 is 12.1 Å². The lowest BCUT2D eigenvalue weighted by atomic mass is 10.0. The van der Waals surface area contributed by atoms with Gasteiger partial charge in [-0.1, -0.05) is 6.07 Å². The molecule has 1 aromatic carbocycles. The van der Waals surface area contributed by atoms with Gasteiger partial charge in [0.25, 0.3) is 0 Å². The van der Waals surface area contributed by atoms with Crippen LogP contribution in [0.1, 0.15) is 12.0 Å². The summed E-state index contributed by atoms with van der Waals surface area (Å²) >= 11 is 0. The second kappa shape index (κ2) is 5.46. The fraction of sp³-hybridized carbons (Fsp3) is 0.462. The van der Waals surface area contributed by atoms with Gasteiger partial charge in [0.1, 0.15) is 0 Å². The molecule has 0 aromatic heterocycles. The highest BCUT2D eigenvalue weighted by Crippen LogP contribution is 2.25. The van der Waals surface area contributed by atoms with Crippen molar-refractivity contribution in [2.75, 3.05) is 13.1 Å². The Kier molecular flexibility index (Phi) is 3.92. The molecule has 1 aromatic rings. The van der Waals surface area contributed by atoms with Gasteiger partial charge in [-0.2, -0.15) is 0 Å². The number of carbonyl (C=O) groups excluding carboxylic acids is 1. The number of amides is 1. The molecule has 1 aliphatic heterocycles. The highest BCUT2D eigenvalue weighted by Gasteiger charge is 2.28. The molecule has 1 unspecified atom stereocenters. The molecule has 5 N–H and O–H groups in total. The molecular formula is C13H18N2O4. The van der Waals surface area contributed by atoms with Crippen molar-refractivity contribution in [3.63, 3.8) is 0 Å². The summed E-state index contributed by atoms with van der Waals surface area (Å²) in [6.45, 7) is 0.849. The van der Waals surface area contributed by atoms with Crippen molar-refractivity contribution < 1.29 is 20.1 Å². The Morgan fingerprint density at radius 3 is 2.74 bits per heavy atom. The molecule has 1 amide bonds. The first-order valence-electron chi connectivity index (χ1n) is 6.20. The van der Waals surface area contributed by atoms with Gasteiger partial charge in [0.05, 0.1) is 12.1 Å². The zero-order chi connectivity index (χ0) is 14.0. The zero-order valence-electron chi connectivity index (χ0n) is 10.5. The number of likely N-dealkylation sites (tertiary alicyclic amines) is 1. The van der Waals surface area contributed by atoms with Crippen molar-refractivity contribution in [2.24, 2.45) is 5.73 Å². The Balaban J connectivity index is 1.98. The van der Waals surface area contributed by atoms with Crippen molar-refractivity contribution >= 4 is 5.91 Å². The van der Waals surface area contributed by atoms with Gasteiger partial charge in [0.2, 0.25) is 5.91 Å². The molecule has 19 heavy (non-hydrogen) atoms. The molecule has 0 spiro atoms. The molecular weight excluding hydrogens is 248 g/mol. The molecule has 2 atom stereocenters. The second-order valence-electron chi connectivity index (χ2n) is 4.86. The summed E-state index contributed by atoms with van der Waals surface area (Å²) in [5.74, 6) is -0.635. The third-order valence-electron chi connectivity index (χ3n) is 3.29. The number of hydrogen-bond donors (Lipinski definition) is 4. The summed E-state index contributed by atoms with van der Waals surface area (Å²) in [6, 6.07) is 3.65. The van der Waals surface area contributed by atoms with Crippen LogP contribution in [0.2, 0.25) is 0 Å². The summed E-state index contributed by atoms with van der Waals surface area (Å²) in [5, 5.41) is 28.0. The summed E-state index contributed by atoms with van der Waals surface area (Å²) in [4.78, 5) is 13.6. The first-order chi connectivity index (χ1) is 8.97. The van der Waals surface area contributed by atoms with Gasteiger partial charge in [0, 0.05) is 13.1 Å². The van der Waals surface area contributed by atoms with E-state index in [4.69, 9.17) is 5.73 Å². The maximum absolute atomic E-state index is 12.0. The monoisotopic (exact) mass is 266 g/mol. The number of phenolic OH excluding ortho intramolecular Hbond substituents is 2. The Bertz CT molecular complexity index is 478. The number of aliphatic hydroxyl groups excluding tert-OH is 1. The maximum atomic E-state index is 12.0. The average Bonchev–Trinajstić information content (AvgIpc) is 2.79. The quantitative estimate of drug-likeness (QED) is 0.555. The number of hydrogen-bond acceptors (Lipinski definition) is 5. The van der Waals surface area contributed by atoms with Crippen LogP contribution in [0.4, 0.5) is 0 Å². The Hall–Kier alpha value is -1.79. The van der Waals surface area contributed by atoms with E-state index in [-0.39, 0.29) is 23.8 Å². The van der Waals surface area contributed by atoms with Crippen LogP contribution in [0.25, 0.3) is 0 Å². The van der Waals surface area contributed by atoms with Crippen LogP contribution >= 0.6 is 0 Å². The standard InChI is InChI=1S/C13H18N2O4/c14-10(13(19)15-4-3-9(16)7-15)5-8-1-2-11(17)12(18)6-8/h1-2,6,9-10,16-18H,3-5,7,14H2/t9?,10-/m0/s1. The highest BCUT2D eigenvalue weighted by atomic mass is 16.3. The Morgan fingerprint density at radius 1 is 1.42 bits per heavy atom. The minimum absolute atomic E-state index is 0.202. The first-order valence-corrected chi connectivity index (χ1v) is 6.20. The average molecular weight is 266 g/mol. The van der Waals surface area contributed by atoms with E-state index in [0.29, 0.717) is 25.1 Å². The van der Waals surface area contributed by atoms with Crippen molar-refractivity contribution in [1.82, 2.24) is 4.90 Å². The van der Waals surface area contributed by atoms with Gasteiger partial charge in [0.15, 0.2) is 11.5 Å². The van der Waals surface area contributed by atoms with E-state index >= 15 is 0 Å². The molecule has 2 rings (SSSR count). The maximum Gasteiger partial charge on any atom is 0.239 e. The third kappa shape index (κ3) is 3.15. The predicted molar refractivity (Wildman–Crippen MR) is 68.7 cm³/mol. The minimum atomic E-state index is -0.714. The van der Waals surface area contributed by atoms with Crippen LogP contribution in [0.5, 0.6) is 11.5 Å². The number of aromatic hydroxyl groups is 2. The highest BCUT2D eigenvalue weighted by molar-refractivity contribution is 5.82. The van der Waals surface area contributed by atoms with Gasteiger partial charge in [-0.3, -0.25) is 4.79 Å². The van der Waals surface area contributed by atoms with E-state index in [1.165, 1.54) is 12.1 Å². The van der Waals surface area contributed by atoms with Crippen LogP contribution in [-0.2, 0) is 11.2 Å². The SMILES string of the molecule is N[C@@H](Cc1ccc(O)c(O)c1)C(=O)N1CCC(O)C1. The summed E-state index contributed by atoms with van der Waals surface area (Å²) in [5.41, 5.74) is 6.52. The number of aliphatic hydroxyl groups is 1. The van der Waals surface area contributed by atoms with Gasteiger partial charge >= 0.3 is 0 Å². The van der Waals surface area contributed by atoms with E-state index in [1.54, 1.807) is 11.0 Å². The molecule has 0 aliphatic carbocycles. The minimum Gasteiger partial charge on any atom is -0.504 e. The van der Waals surface area contributed by atoms with Crippen LogP contribution in [0, 0.1) is 0 Å². The lowest BCUT2D eigenvalue weighted by Crippen LogP contribution is -2.44. The molecule has 1 fully saturated rings. The molecule has 0 radical (unpaired) electrons. The smallest absolute Gasteiger partial charge is 0.239 e. The lowest BCUT2D eigenvalue weighted by molar-refractivity contribution is -0.131. The summed E-state index contributed by atoms with van der Waals surface area (Å²) in [6.07, 6.45) is 0.395. The number of benzene rings is 1. The first kappa shape index (κ1) is 13.6. The summed E-state index contributed by atoms with van der Waals surface area (Å²) < 4.78 is 0. The number of carbonyl (C=O) groups is 1. The van der Waals surface area contributed by atoms with Crippen molar-refractivity contribution in [3.05, 3.63) is 23.8 Å². The molecule has 6 nitrogen and oxygen atoms in total. The number of rotatable bonds is 3. The lowest BCUT2D eigenvalue weighted by Gasteiger charge is -2.20. The van der Waals surface area contributed by atoms with E-state index in [0.717, 1.165) is 0 Å². The number of nitrogens with two attached hydrogens (primary N) is 1. The largest absolute Gasteiger partial charge is 0.504 e. The van der Waals surface area contributed by atoms with Gasteiger partial charge in [-0.15, -0.1) is 0 Å². The van der Waals surface area contributed by atoms with E-state index in [1.807, 2.05) is 0 Å². The zero-order valence-corrected chi connectivity index (χ0v) is 10.5. The van der Waals surface area contributed by atoms with Crippen LogP contribution in [0.15, 0.2) is 18.2 Å². The van der Waals surface area contributed by atoms with Crippen LogP contribution < -0.4 is 5.73 Å². The summed E-state index contributed by atoms with van der Waals surface area (Å²) in [7, 11) is 0. The molecule has 6 heteroatoms. The fourth-order valence-corrected chi connectivity index (χ4v) is 2.21. The van der Waals surface area contributed by atoms with Crippen molar-refractivity contribution in [1.29, 1.82) is 0 Å². The normalized spacial score (nSPS) is 20.5. The topological polar surface area (TPSA) is 107 Å². The number of phenols is 2. The Labute approximate surface area is 111 Å². The van der Waals surface area contributed by atoms with Crippen molar-refractivity contribution in [3.8, 4) is 11.5 Å². The van der Waals surface area contributed by atoms with Gasteiger partial charge in [-0.05, 0) is 30.5 Å². The van der Waals surface area contributed by atoms with Gasteiger partial charge in [-0.25, -0.2) is 0 Å². The Morgan fingerprint density at radius 2 is 2.16 bits per heavy atom. The fourth-order valence-electron chi connectivity index (χ4n) is 2.21. The predicted octanol–water partition coefficient (Wildman–Crippen LogP) is -0.439. The molecule has 104 valence electrons. The molecule has 1 aliphatic rings. The molecule has 0 saturated carbocycles.